The molecule has 4 nitrogen and oxygen atoms in total. The molecule has 0 aliphatic heterocycles. The van der Waals surface area contributed by atoms with Gasteiger partial charge in [0, 0.05) is 12.2 Å². The summed E-state index contributed by atoms with van der Waals surface area (Å²) in [5.74, 6) is -0.982. The SMILES string of the molecule is CC/C=C/CCOC(=O)/C=C/C(=O)OCCCCCCCCCCCCCCCCCCCC. The molecule has 0 aromatic carbocycles. The molecular formula is C30H54O4. The second-order valence-corrected chi connectivity index (χ2v) is 9.35. The van der Waals surface area contributed by atoms with Crippen molar-refractivity contribution in [1.29, 1.82) is 0 Å². The standard InChI is InChI=1S/C30H54O4/c1-3-5-7-9-10-11-12-13-14-15-16-17-18-19-20-21-22-24-28-34-30(32)26-25-29(31)33-27-23-8-6-4-2/h6,8,25-26H,3-5,7,9-24,27-28H2,1-2H3/b8-6+,26-25+. The fraction of sp³-hybridized carbons (Fsp3) is 0.800. The number of esters is 2. The third-order valence-electron chi connectivity index (χ3n) is 6.03. The van der Waals surface area contributed by atoms with Crippen LogP contribution in [-0.4, -0.2) is 25.2 Å². The van der Waals surface area contributed by atoms with Gasteiger partial charge in [0.05, 0.1) is 13.2 Å². The molecule has 0 amide bonds. The lowest BCUT2D eigenvalue weighted by Gasteiger charge is -2.04. The van der Waals surface area contributed by atoms with Crippen LogP contribution in [0.2, 0.25) is 0 Å². The van der Waals surface area contributed by atoms with E-state index in [-0.39, 0.29) is 0 Å². The van der Waals surface area contributed by atoms with Crippen molar-refractivity contribution in [1.82, 2.24) is 0 Å². The Bertz CT molecular complexity index is 510. The van der Waals surface area contributed by atoms with Gasteiger partial charge in [-0.3, -0.25) is 0 Å². The van der Waals surface area contributed by atoms with Crippen molar-refractivity contribution in [2.24, 2.45) is 0 Å². The van der Waals surface area contributed by atoms with Crippen molar-refractivity contribution in [2.75, 3.05) is 13.2 Å². The average molecular weight is 479 g/mol. The molecule has 0 heterocycles. The van der Waals surface area contributed by atoms with Crippen LogP contribution in [-0.2, 0) is 19.1 Å². The lowest BCUT2D eigenvalue weighted by Crippen LogP contribution is -2.06. The minimum absolute atomic E-state index is 0.327. The Labute approximate surface area is 210 Å². The lowest BCUT2D eigenvalue weighted by molar-refractivity contribution is -0.140. The summed E-state index contributed by atoms with van der Waals surface area (Å²) in [4.78, 5) is 23.1. The fourth-order valence-electron chi connectivity index (χ4n) is 3.92. The third kappa shape index (κ3) is 26.7. The van der Waals surface area contributed by atoms with Crippen LogP contribution in [0.15, 0.2) is 24.3 Å². The highest BCUT2D eigenvalue weighted by Crippen LogP contribution is 2.14. The first-order chi connectivity index (χ1) is 16.7. The first kappa shape index (κ1) is 32.4. The molecule has 0 saturated heterocycles. The Morgan fingerprint density at radius 3 is 1.29 bits per heavy atom. The summed E-state index contributed by atoms with van der Waals surface area (Å²) in [6, 6.07) is 0. The van der Waals surface area contributed by atoms with Crippen LogP contribution in [0.1, 0.15) is 142 Å². The maximum atomic E-state index is 11.6. The molecule has 0 unspecified atom stereocenters. The van der Waals surface area contributed by atoms with Crippen molar-refractivity contribution in [3.8, 4) is 0 Å². The van der Waals surface area contributed by atoms with Gasteiger partial charge in [-0.1, -0.05) is 135 Å². The monoisotopic (exact) mass is 478 g/mol. The molecule has 198 valence electrons. The molecule has 0 saturated carbocycles. The van der Waals surface area contributed by atoms with Gasteiger partial charge in [0.2, 0.25) is 0 Å². The molecule has 0 bridgehead atoms. The molecule has 0 aromatic rings. The first-order valence-corrected chi connectivity index (χ1v) is 14.4. The molecule has 0 fully saturated rings. The summed E-state index contributed by atoms with van der Waals surface area (Å²) < 4.78 is 10.1. The molecule has 0 aliphatic carbocycles. The smallest absolute Gasteiger partial charge is 0.331 e. The van der Waals surface area contributed by atoms with Gasteiger partial charge >= 0.3 is 11.9 Å². The number of unbranched alkanes of at least 4 members (excludes halogenated alkanes) is 17. The zero-order valence-electron chi connectivity index (χ0n) is 22.5. The quantitative estimate of drug-likeness (QED) is 0.0568. The number of hydrogen-bond donors (Lipinski definition) is 0. The summed E-state index contributed by atoms with van der Waals surface area (Å²) in [5, 5.41) is 0. The summed E-state index contributed by atoms with van der Waals surface area (Å²) >= 11 is 0. The van der Waals surface area contributed by atoms with E-state index in [0.29, 0.717) is 19.6 Å². The second kappa shape index (κ2) is 27.7. The number of ether oxygens (including phenoxy) is 2. The van der Waals surface area contributed by atoms with Crippen molar-refractivity contribution < 1.29 is 19.1 Å². The molecule has 0 aromatic heterocycles. The van der Waals surface area contributed by atoms with Crippen molar-refractivity contribution in [3.63, 3.8) is 0 Å². The predicted octanol–water partition coefficient (Wildman–Crippen LogP) is 9.03. The molecule has 34 heavy (non-hydrogen) atoms. The lowest BCUT2D eigenvalue weighted by atomic mass is 10.0. The fourth-order valence-corrected chi connectivity index (χ4v) is 3.92. The van der Waals surface area contributed by atoms with E-state index in [9.17, 15) is 9.59 Å². The Kier molecular flexibility index (Phi) is 26.4. The van der Waals surface area contributed by atoms with E-state index in [2.05, 4.69) is 13.8 Å². The van der Waals surface area contributed by atoms with Gasteiger partial charge in [0.1, 0.15) is 0 Å². The summed E-state index contributed by atoms with van der Waals surface area (Å²) in [7, 11) is 0. The highest BCUT2D eigenvalue weighted by Gasteiger charge is 2.01. The van der Waals surface area contributed by atoms with Gasteiger partial charge in [-0.2, -0.15) is 0 Å². The van der Waals surface area contributed by atoms with Gasteiger partial charge in [-0.15, -0.1) is 0 Å². The molecular weight excluding hydrogens is 424 g/mol. The first-order valence-electron chi connectivity index (χ1n) is 14.4. The van der Waals surface area contributed by atoms with Gasteiger partial charge in [-0.05, 0) is 19.3 Å². The zero-order chi connectivity index (χ0) is 25.0. The largest absolute Gasteiger partial charge is 0.463 e. The zero-order valence-corrected chi connectivity index (χ0v) is 22.5. The minimum Gasteiger partial charge on any atom is -0.463 e. The van der Waals surface area contributed by atoms with Crippen LogP contribution in [0.4, 0.5) is 0 Å². The molecule has 0 spiro atoms. The van der Waals surface area contributed by atoms with Crippen LogP contribution in [0.25, 0.3) is 0 Å². The van der Waals surface area contributed by atoms with Crippen molar-refractivity contribution in [3.05, 3.63) is 24.3 Å². The molecule has 0 rings (SSSR count). The van der Waals surface area contributed by atoms with Crippen LogP contribution in [0.5, 0.6) is 0 Å². The summed E-state index contributed by atoms with van der Waals surface area (Å²) in [5.41, 5.74) is 0. The van der Waals surface area contributed by atoms with E-state index < -0.39 is 11.9 Å². The van der Waals surface area contributed by atoms with E-state index in [1.54, 1.807) is 0 Å². The summed E-state index contributed by atoms with van der Waals surface area (Å²) in [6.45, 7) is 5.08. The van der Waals surface area contributed by atoms with Gasteiger partial charge in [0.25, 0.3) is 0 Å². The minimum atomic E-state index is -0.505. The molecule has 0 N–H and O–H groups in total. The molecule has 0 radical (unpaired) electrons. The normalized spacial score (nSPS) is 11.5. The Morgan fingerprint density at radius 1 is 0.500 bits per heavy atom. The topological polar surface area (TPSA) is 52.6 Å². The molecule has 0 atom stereocenters. The maximum absolute atomic E-state index is 11.6. The van der Waals surface area contributed by atoms with Gasteiger partial charge in [-0.25, -0.2) is 9.59 Å². The van der Waals surface area contributed by atoms with Gasteiger partial charge < -0.3 is 9.47 Å². The van der Waals surface area contributed by atoms with Crippen LogP contribution in [0.3, 0.4) is 0 Å². The van der Waals surface area contributed by atoms with E-state index >= 15 is 0 Å². The van der Waals surface area contributed by atoms with Crippen LogP contribution < -0.4 is 0 Å². The number of carbonyl (C=O) groups is 2. The number of rotatable bonds is 25. The van der Waals surface area contributed by atoms with E-state index in [4.69, 9.17) is 9.47 Å². The Balaban J connectivity index is 3.30. The molecule has 0 aliphatic rings. The number of allylic oxidation sites excluding steroid dienone is 1. The number of carbonyl (C=O) groups excluding carboxylic acids is 2. The highest BCUT2D eigenvalue weighted by molar-refractivity contribution is 5.91. The Morgan fingerprint density at radius 2 is 0.882 bits per heavy atom. The van der Waals surface area contributed by atoms with Gasteiger partial charge in [0.15, 0.2) is 0 Å². The predicted molar refractivity (Wildman–Crippen MR) is 144 cm³/mol. The van der Waals surface area contributed by atoms with E-state index in [0.717, 1.165) is 31.4 Å². The molecule has 4 heteroatoms. The maximum Gasteiger partial charge on any atom is 0.331 e. The van der Waals surface area contributed by atoms with Crippen molar-refractivity contribution in [2.45, 2.75) is 142 Å². The summed E-state index contributed by atoms with van der Waals surface area (Å²) in [6.07, 6.45) is 32.0. The highest BCUT2D eigenvalue weighted by atomic mass is 16.5. The Hall–Kier alpha value is -1.58. The third-order valence-corrected chi connectivity index (χ3v) is 6.03. The van der Waals surface area contributed by atoms with E-state index in [1.165, 1.54) is 103 Å². The number of hydrogen-bond acceptors (Lipinski definition) is 4. The van der Waals surface area contributed by atoms with Crippen molar-refractivity contribution >= 4 is 11.9 Å². The average Bonchev–Trinajstić information content (AvgIpc) is 2.84. The second-order valence-electron chi connectivity index (χ2n) is 9.35. The van der Waals surface area contributed by atoms with E-state index in [1.807, 2.05) is 12.2 Å². The van der Waals surface area contributed by atoms with Crippen LogP contribution >= 0.6 is 0 Å². The van der Waals surface area contributed by atoms with Crippen LogP contribution in [0, 0.1) is 0 Å².